The fourth-order valence-corrected chi connectivity index (χ4v) is 0.694. The van der Waals surface area contributed by atoms with E-state index in [9.17, 15) is 5.11 Å². The summed E-state index contributed by atoms with van der Waals surface area (Å²) in [6.07, 6.45) is -0.235. The van der Waals surface area contributed by atoms with Crippen molar-refractivity contribution in [3.63, 3.8) is 0 Å². The molecule has 0 rings (SSSR count). The summed E-state index contributed by atoms with van der Waals surface area (Å²) in [6.45, 7) is 7.89. The molecule has 0 aliphatic carbocycles. The van der Waals surface area contributed by atoms with Gasteiger partial charge in [0.25, 0.3) is 0 Å². The number of hydrogen-bond acceptors (Lipinski definition) is 3. The molecule has 3 heteroatoms. The summed E-state index contributed by atoms with van der Waals surface area (Å²) in [5, 5.41) is 9.23. The van der Waals surface area contributed by atoms with Crippen LogP contribution in [0.5, 0.6) is 0 Å². The molecule has 0 saturated heterocycles. The van der Waals surface area contributed by atoms with Crippen molar-refractivity contribution in [1.82, 2.24) is 0 Å². The Morgan fingerprint density at radius 1 is 1.38 bits per heavy atom. The largest absolute Gasteiger partial charge is 0.378 e. The van der Waals surface area contributed by atoms with E-state index in [2.05, 4.69) is 11.8 Å². The minimum absolute atomic E-state index is 0.235. The minimum atomic E-state index is -0.946. The second-order valence-electron chi connectivity index (χ2n) is 3.19. The van der Waals surface area contributed by atoms with Crippen molar-refractivity contribution in [2.24, 2.45) is 0 Å². The van der Waals surface area contributed by atoms with Gasteiger partial charge in [-0.3, -0.25) is 0 Å². The maximum absolute atomic E-state index is 9.23. The Hall–Kier alpha value is -0.560. The van der Waals surface area contributed by atoms with Crippen molar-refractivity contribution < 1.29 is 14.6 Å². The highest BCUT2D eigenvalue weighted by Gasteiger charge is 2.05. The van der Waals surface area contributed by atoms with Gasteiger partial charge in [-0.1, -0.05) is 11.8 Å². The highest BCUT2D eigenvalue weighted by Crippen LogP contribution is 1.96. The summed E-state index contributed by atoms with van der Waals surface area (Å²) in [7, 11) is 0. The Kier molecular flexibility index (Phi) is 5.72. The van der Waals surface area contributed by atoms with Crippen molar-refractivity contribution in [1.29, 1.82) is 0 Å². The van der Waals surface area contributed by atoms with E-state index >= 15 is 0 Å². The molecule has 0 aliphatic rings. The van der Waals surface area contributed by atoms with Gasteiger partial charge in [0.1, 0.15) is 12.2 Å². The first kappa shape index (κ1) is 12.4. The molecule has 0 aromatic heterocycles. The van der Waals surface area contributed by atoms with Crippen LogP contribution < -0.4 is 0 Å². The molecular formula is C10H18O3. The van der Waals surface area contributed by atoms with Gasteiger partial charge >= 0.3 is 0 Å². The predicted octanol–water partition coefficient (Wildman–Crippen LogP) is 1.16. The maximum Gasteiger partial charge on any atom is 0.156 e. The highest BCUT2D eigenvalue weighted by atomic mass is 16.7. The Balaban J connectivity index is 3.59. The number of rotatable bonds is 4. The molecule has 0 aliphatic heterocycles. The van der Waals surface area contributed by atoms with Gasteiger partial charge in [0.2, 0.25) is 0 Å². The fraction of sp³-hybridized carbons (Fsp3) is 0.800. The van der Waals surface area contributed by atoms with E-state index in [0.717, 1.165) is 0 Å². The van der Waals surface area contributed by atoms with Crippen LogP contribution in [0.25, 0.3) is 0 Å². The van der Waals surface area contributed by atoms with Crippen LogP contribution in [0.15, 0.2) is 0 Å². The van der Waals surface area contributed by atoms with E-state index in [1.54, 1.807) is 13.8 Å². The monoisotopic (exact) mass is 186 g/mol. The van der Waals surface area contributed by atoms with Gasteiger partial charge in [0.05, 0.1) is 0 Å². The topological polar surface area (TPSA) is 38.7 Å². The Bertz CT molecular complexity index is 183. The molecule has 0 fully saturated rings. The molecule has 0 spiro atoms. The van der Waals surface area contributed by atoms with Crippen molar-refractivity contribution in [2.75, 3.05) is 13.2 Å². The standard InChI is InChI=1S/C10H18O3/c1-5-12-9(2)13-8-6-7-10(3,4)11/h9,11H,5,8H2,1-4H3. The first-order valence-electron chi connectivity index (χ1n) is 4.41. The molecule has 0 amide bonds. The lowest BCUT2D eigenvalue weighted by molar-refractivity contribution is -0.117. The van der Waals surface area contributed by atoms with Crippen LogP contribution in [0.4, 0.5) is 0 Å². The zero-order valence-corrected chi connectivity index (χ0v) is 8.76. The third-order valence-corrected chi connectivity index (χ3v) is 1.19. The van der Waals surface area contributed by atoms with Crippen LogP contribution in [-0.2, 0) is 9.47 Å². The maximum atomic E-state index is 9.23. The third kappa shape index (κ3) is 9.35. The van der Waals surface area contributed by atoms with Gasteiger partial charge in [-0.25, -0.2) is 0 Å². The van der Waals surface area contributed by atoms with Crippen molar-refractivity contribution in [3.8, 4) is 11.8 Å². The summed E-state index contributed by atoms with van der Waals surface area (Å²) >= 11 is 0. The van der Waals surface area contributed by atoms with Crippen molar-refractivity contribution >= 4 is 0 Å². The average molecular weight is 186 g/mol. The van der Waals surface area contributed by atoms with E-state index in [0.29, 0.717) is 6.61 Å². The van der Waals surface area contributed by atoms with Crippen LogP contribution in [-0.4, -0.2) is 30.2 Å². The molecule has 1 unspecified atom stereocenters. The Morgan fingerprint density at radius 2 is 2.00 bits per heavy atom. The normalized spacial score (nSPS) is 13.3. The molecule has 0 bridgehead atoms. The van der Waals surface area contributed by atoms with E-state index in [1.165, 1.54) is 0 Å². The molecule has 0 aromatic carbocycles. The third-order valence-electron chi connectivity index (χ3n) is 1.19. The van der Waals surface area contributed by atoms with Crippen molar-refractivity contribution in [3.05, 3.63) is 0 Å². The number of aliphatic hydroxyl groups is 1. The minimum Gasteiger partial charge on any atom is -0.378 e. The fourth-order valence-electron chi connectivity index (χ4n) is 0.694. The van der Waals surface area contributed by atoms with Crippen LogP contribution in [0.3, 0.4) is 0 Å². The molecule has 0 heterocycles. The number of hydrogen-bond donors (Lipinski definition) is 1. The Labute approximate surface area is 80.0 Å². The highest BCUT2D eigenvalue weighted by molar-refractivity contribution is 5.10. The predicted molar refractivity (Wildman–Crippen MR) is 51.1 cm³/mol. The molecule has 13 heavy (non-hydrogen) atoms. The molecule has 0 saturated carbocycles. The van der Waals surface area contributed by atoms with Gasteiger partial charge in [0, 0.05) is 6.61 Å². The first-order valence-corrected chi connectivity index (χ1v) is 4.41. The number of ether oxygens (including phenoxy) is 2. The van der Waals surface area contributed by atoms with E-state index < -0.39 is 5.60 Å². The second kappa shape index (κ2) is 5.98. The summed E-state index contributed by atoms with van der Waals surface area (Å²) < 4.78 is 10.3. The molecule has 76 valence electrons. The summed E-state index contributed by atoms with van der Waals surface area (Å²) in [4.78, 5) is 0. The molecule has 1 N–H and O–H groups in total. The second-order valence-corrected chi connectivity index (χ2v) is 3.19. The SMILES string of the molecule is CCOC(C)OCC#CC(C)(C)O. The molecule has 0 aromatic rings. The van der Waals surface area contributed by atoms with Gasteiger partial charge in [-0.05, 0) is 27.7 Å². The Morgan fingerprint density at radius 3 is 2.46 bits per heavy atom. The lowest BCUT2D eigenvalue weighted by Gasteiger charge is -2.10. The molecular weight excluding hydrogens is 168 g/mol. The molecule has 3 nitrogen and oxygen atoms in total. The van der Waals surface area contributed by atoms with E-state index in [1.807, 2.05) is 13.8 Å². The average Bonchev–Trinajstić information content (AvgIpc) is 1.97. The summed E-state index contributed by atoms with van der Waals surface area (Å²) in [5.74, 6) is 5.36. The van der Waals surface area contributed by atoms with Crippen LogP contribution in [0.2, 0.25) is 0 Å². The zero-order chi connectivity index (χ0) is 10.3. The quantitative estimate of drug-likeness (QED) is 0.529. The van der Waals surface area contributed by atoms with Crippen LogP contribution in [0.1, 0.15) is 27.7 Å². The van der Waals surface area contributed by atoms with Gasteiger partial charge < -0.3 is 14.6 Å². The van der Waals surface area contributed by atoms with Crippen LogP contribution in [0, 0.1) is 11.8 Å². The van der Waals surface area contributed by atoms with E-state index in [-0.39, 0.29) is 12.9 Å². The lowest BCUT2D eigenvalue weighted by atomic mass is 10.1. The van der Waals surface area contributed by atoms with Gasteiger partial charge in [-0.15, -0.1) is 0 Å². The van der Waals surface area contributed by atoms with Gasteiger partial charge in [0.15, 0.2) is 6.29 Å². The van der Waals surface area contributed by atoms with Crippen LogP contribution >= 0.6 is 0 Å². The van der Waals surface area contributed by atoms with E-state index in [4.69, 9.17) is 9.47 Å². The van der Waals surface area contributed by atoms with Gasteiger partial charge in [-0.2, -0.15) is 0 Å². The summed E-state index contributed by atoms with van der Waals surface area (Å²) in [6, 6.07) is 0. The zero-order valence-electron chi connectivity index (χ0n) is 8.76. The lowest BCUT2D eigenvalue weighted by Crippen LogP contribution is -2.16. The molecule has 1 atom stereocenters. The smallest absolute Gasteiger partial charge is 0.156 e. The first-order chi connectivity index (χ1) is 5.95. The summed E-state index contributed by atoms with van der Waals surface area (Å²) in [5.41, 5.74) is -0.946. The molecule has 0 radical (unpaired) electrons. The van der Waals surface area contributed by atoms with Crippen molar-refractivity contribution in [2.45, 2.75) is 39.6 Å².